The predicted molar refractivity (Wildman–Crippen MR) is 110 cm³/mol. The molecule has 3 heterocycles. The molecule has 1 atom stereocenters. The molecule has 1 spiro atoms. The van der Waals surface area contributed by atoms with Crippen LogP contribution in [0.25, 0.3) is 0 Å². The summed E-state index contributed by atoms with van der Waals surface area (Å²) in [5.41, 5.74) is 0.944. The van der Waals surface area contributed by atoms with Gasteiger partial charge in [-0.15, -0.1) is 0 Å². The number of aromatic nitrogens is 1. The van der Waals surface area contributed by atoms with Crippen molar-refractivity contribution in [3.63, 3.8) is 0 Å². The van der Waals surface area contributed by atoms with Crippen LogP contribution in [0.15, 0.2) is 28.8 Å². The van der Waals surface area contributed by atoms with Crippen LogP contribution in [0, 0.1) is 0 Å². The Bertz CT molecular complexity index is 964. The molecular weight excluding hydrogens is 388 g/mol. The average molecular weight is 415 g/mol. The average Bonchev–Trinajstić information content (AvgIpc) is 3.18. The van der Waals surface area contributed by atoms with E-state index in [0.717, 1.165) is 17.2 Å². The van der Waals surface area contributed by atoms with Crippen LogP contribution in [-0.4, -0.2) is 43.4 Å². The number of carbonyl (C=O) groups excluding carboxylic acids is 1. The van der Waals surface area contributed by atoms with Gasteiger partial charge in [-0.25, -0.2) is 9.78 Å². The largest absolute Gasteiger partial charge is 0.475 e. The van der Waals surface area contributed by atoms with Gasteiger partial charge in [0.1, 0.15) is 18.3 Å². The SMILES string of the molecule is C[Si](C)(C)CCOCN1C(=O)C2(CCc3oc(C(=O)O)cc3C2)c2cccnc21. The van der Waals surface area contributed by atoms with E-state index >= 15 is 0 Å². The third-order valence-corrected chi connectivity index (χ3v) is 7.51. The van der Waals surface area contributed by atoms with Crippen LogP contribution in [0.1, 0.15) is 33.9 Å². The van der Waals surface area contributed by atoms with E-state index in [0.29, 0.717) is 37.4 Å². The maximum absolute atomic E-state index is 13.5. The van der Waals surface area contributed by atoms with E-state index in [9.17, 15) is 14.7 Å². The number of aromatic carboxylic acids is 1. The Morgan fingerprint density at radius 2 is 2.21 bits per heavy atom. The van der Waals surface area contributed by atoms with Crippen molar-refractivity contribution in [3.8, 4) is 0 Å². The summed E-state index contributed by atoms with van der Waals surface area (Å²) in [5.74, 6) is 0.121. The standard InChI is InChI=1S/C21H26N2O5Si/c1-29(2,3)10-9-27-13-23-18-15(5-4-8-22-18)21(20(23)26)7-6-16-14(12-21)11-17(28-16)19(24)25/h4-5,8,11H,6-7,9-10,12-13H2,1-3H3,(H,24,25). The second-order valence-electron chi connectivity index (χ2n) is 9.08. The molecule has 0 aromatic carbocycles. The fraction of sp³-hybridized carbons (Fsp3) is 0.476. The number of aryl methyl sites for hydroxylation is 1. The lowest BCUT2D eigenvalue weighted by Crippen LogP contribution is -2.44. The highest BCUT2D eigenvalue weighted by Gasteiger charge is 2.53. The summed E-state index contributed by atoms with van der Waals surface area (Å²) >= 11 is 0. The molecule has 0 saturated heterocycles. The van der Waals surface area contributed by atoms with Crippen molar-refractivity contribution in [1.29, 1.82) is 0 Å². The number of rotatable bonds is 6. The molecule has 1 unspecified atom stereocenters. The fourth-order valence-corrected chi connectivity index (χ4v) is 4.95. The number of hydrogen-bond donors (Lipinski definition) is 1. The van der Waals surface area contributed by atoms with Crippen LogP contribution >= 0.6 is 0 Å². The van der Waals surface area contributed by atoms with E-state index in [1.807, 2.05) is 12.1 Å². The number of fused-ring (bicyclic) bond motifs is 3. The highest BCUT2D eigenvalue weighted by atomic mass is 28.3. The zero-order valence-corrected chi connectivity index (χ0v) is 18.0. The maximum atomic E-state index is 13.5. The van der Waals surface area contributed by atoms with Gasteiger partial charge in [0, 0.05) is 32.9 Å². The molecule has 29 heavy (non-hydrogen) atoms. The van der Waals surface area contributed by atoms with E-state index in [1.54, 1.807) is 17.2 Å². The van der Waals surface area contributed by atoms with Crippen molar-refractivity contribution in [1.82, 2.24) is 4.98 Å². The minimum absolute atomic E-state index is 0.0251. The molecule has 1 aliphatic carbocycles. The Kier molecular flexibility index (Phi) is 4.86. The zero-order chi connectivity index (χ0) is 20.8. The van der Waals surface area contributed by atoms with Gasteiger partial charge in [-0.3, -0.25) is 9.69 Å². The number of amides is 1. The lowest BCUT2D eigenvalue weighted by Gasteiger charge is -2.31. The molecule has 154 valence electrons. The highest BCUT2D eigenvalue weighted by Crippen LogP contribution is 2.48. The van der Waals surface area contributed by atoms with Crippen molar-refractivity contribution in [2.24, 2.45) is 0 Å². The van der Waals surface area contributed by atoms with Crippen LogP contribution in [0.2, 0.25) is 25.7 Å². The minimum Gasteiger partial charge on any atom is -0.475 e. The van der Waals surface area contributed by atoms with Crippen molar-refractivity contribution in [2.75, 3.05) is 18.2 Å². The van der Waals surface area contributed by atoms with Crippen LogP contribution < -0.4 is 4.90 Å². The summed E-state index contributed by atoms with van der Waals surface area (Å²) < 4.78 is 11.3. The topological polar surface area (TPSA) is 92.9 Å². The number of ether oxygens (including phenoxy) is 1. The number of carbonyl (C=O) groups is 2. The van der Waals surface area contributed by atoms with Crippen LogP contribution in [-0.2, 0) is 27.8 Å². The maximum Gasteiger partial charge on any atom is 0.371 e. The van der Waals surface area contributed by atoms with E-state index in [-0.39, 0.29) is 18.4 Å². The molecule has 8 heteroatoms. The molecule has 1 amide bonds. The first-order valence-corrected chi connectivity index (χ1v) is 13.6. The van der Waals surface area contributed by atoms with Gasteiger partial charge in [-0.05, 0) is 36.6 Å². The molecule has 0 radical (unpaired) electrons. The number of carboxylic acids is 1. The molecular formula is C21H26N2O5Si. The number of furan rings is 1. The van der Waals surface area contributed by atoms with E-state index in [1.165, 1.54) is 0 Å². The first-order valence-electron chi connectivity index (χ1n) is 9.91. The van der Waals surface area contributed by atoms with Gasteiger partial charge in [0.15, 0.2) is 0 Å². The normalized spacial score (nSPS) is 20.8. The predicted octanol–water partition coefficient (Wildman–Crippen LogP) is 3.46. The van der Waals surface area contributed by atoms with Gasteiger partial charge >= 0.3 is 5.97 Å². The van der Waals surface area contributed by atoms with Gasteiger partial charge in [0.05, 0.1) is 5.41 Å². The summed E-state index contributed by atoms with van der Waals surface area (Å²) in [7, 11) is -1.21. The Labute approximate surface area is 170 Å². The quantitative estimate of drug-likeness (QED) is 0.575. The van der Waals surface area contributed by atoms with Gasteiger partial charge in [-0.1, -0.05) is 25.7 Å². The molecule has 4 rings (SSSR count). The van der Waals surface area contributed by atoms with Gasteiger partial charge in [0.2, 0.25) is 11.7 Å². The molecule has 1 N–H and O–H groups in total. The number of nitrogens with zero attached hydrogens (tertiary/aromatic N) is 2. The lowest BCUT2D eigenvalue weighted by molar-refractivity contribution is -0.124. The number of anilines is 1. The molecule has 2 aromatic rings. The smallest absolute Gasteiger partial charge is 0.371 e. The second-order valence-corrected chi connectivity index (χ2v) is 14.7. The van der Waals surface area contributed by atoms with Crippen LogP contribution in [0.3, 0.4) is 0 Å². The van der Waals surface area contributed by atoms with Crippen LogP contribution in [0.4, 0.5) is 5.82 Å². The summed E-state index contributed by atoms with van der Waals surface area (Å²) in [4.78, 5) is 30.9. The van der Waals surface area contributed by atoms with Gasteiger partial charge in [-0.2, -0.15) is 0 Å². The van der Waals surface area contributed by atoms with Crippen molar-refractivity contribution < 1.29 is 23.8 Å². The Balaban J connectivity index is 1.60. The first-order chi connectivity index (χ1) is 13.7. The van der Waals surface area contributed by atoms with Gasteiger partial charge < -0.3 is 14.3 Å². The zero-order valence-electron chi connectivity index (χ0n) is 17.0. The first kappa shape index (κ1) is 19.8. The van der Waals surface area contributed by atoms with Crippen LogP contribution in [0.5, 0.6) is 0 Å². The molecule has 0 fully saturated rings. The number of pyridine rings is 1. The monoisotopic (exact) mass is 414 g/mol. The molecule has 1 aliphatic heterocycles. The van der Waals surface area contributed by atoms with Crippen molar-refractivity contribution in [2.45, 2.75) is 50.4 Å². The Hall–Kier alpha value is -2.45. The Morgan fingerprint density at radius 3 is 2.93 bits per heavy atom. The number of carboxylic acid groups (broad SMARTS) is 1. The van der Waals surface area contributed by atoms with Crippen molar-refractivity contribution in [3.05, 3.63) is 47.0 Å². The Morgan fingerprint density at radius 1 is 1.41 bits per heavy atom. The molecule has 2 aromatic heterocycles. The summed E-state index contributed by atoms with van der Waals surface area (Å²) in [6.45, 7) is 7.69. The summed E-state index contributed by atoms with van der Waals surface area (Å²) in [6, 6.07) is 6.38. The third kappa shape index (κ3) is 3.51. The molecule has 0 bridgehead atoms. The molecule has 0 saturated carbocycles. The lowest BCUT2D eigenvalue weighted by atomic mass is 9.70. The fourth-order valence-electron chi connectivity index (χ4n) is 4.20. The molecule has 2 aliphatic rings. The summed E-state index contributed by atoms with van der Waals surface area (Å²) in [6.07, 6.45) is 3.19. The van der Waals surface area contributed by atoms with Gasteiger partial charge in [0.25, 0.3) is 0 Å². The van der Waals surface area contributed by atoms with E-state index < -0.39 is 19.5 Å². The van der Waals surface area contributed by atoms with Crippen molar-refractivity contribution >= 4 is 25.8 Å². The van der Waals surface area contributed by atoms with E-state index in [4.69, 9.17) is 9.15 Å². The number of hydrogen-bond acceptors (Lipinski definition) is 5. The highest BCUT2D eigenvalue weighted by molar-refractivity contribution is 6.76. The molecule has 7 nitrogen and oxygen atoms in total. The third-order valence-electron chi connectivity index (χ3n) is 5.81. The second kappa shape index (κ2) is 7.10. The van der Waals surface area contributed by atoms with E-state index in [2.05, 4.69) is 24.6 Å². The summed E-state index contributed by atoms with van der Waals surface area (Å²) in [5, 5.41) is 9.23. The minimum atomic E-state index is -1.21.